The van der Waals surface area contributed by atoms with Gasteiger partial charge in [-0.05, 0) is 19.1 Å². The first-order valence-corrected chi connectivity index (χ1v) is 9.26. The number of nitrogens with one attached hydrogen (secondary N) is 1. The summed E-state index contributed by atoms with van der Waals surface area (Å²) in [6.45, 7) is 1.90. The topological polar surface area (TPSA) is 114 Å². The van der Waals surface area contributed by atoms with Crippen molar-refractivity contribution in [2.24, 2.45) is 5.10 Å². The lowest BCUT2D eigenvalue weighted by molar-refractivity contribution is -0.386. The highest BCUT2D eigenvalue weighted by Crippen LogP contribution is 2.37. The number of phenols is 1. The second-order valence-electron chi connectivity index (χ2n) is 5.52. The molecule has 0 aliphatic carbocycles. The first-order valence-electron chi connectivity index (χ1n) is 8.07. The second-order valence-corrected chi connectivity index (χ2v) is 6.95. The van der Waals surface area contributed by atoms with Crippen LogP contribution in [0.25, 0.3) is 10.1 Å². The van der Waals surface area contributed by atoms with Crippen molar-refractivity contribution in [2.45, 2.75) is 6.92 Å². The number of benzene rings is 2. The number of hydrazone groups is 1. The maximum absolute atomic E-state index is 12.4. The van der Waals surface area contributed by atoms with Gasteiger partial charge >= 0.3 is 5.69 Å². The lowest BCUT2D eigenvalue weighted by Crippen LogP contribution is -2.16. The number of thiophene rings is 1. The molecule has 8 nitrogen and oxygen atoms in total. The quantitative estimate of drug-likeness (QED) is 0.350. The van der Waals surface area contributed by atoms with Gasteiger partial charge in [-0.15, -0.1) is 11.3 Å². The van der Waals surface area contributed by atoms with E-state index >= 15 is 0 Å². The van der Waals surface area contributed by atoms with Gasteiger partial charge in [0.1, 0.15) is 4.88 Å². The van der Waals surface area contributed by atoms with E-state index in [1.165, 1.54) is 23.6 Å². The van der Waals surface area contributed by atoms with Crippen LogP contribution < -0.4 is 10.2 Å². The van der Waals surface area contributed by atoms with Crippen LogP contribution >= 0.6 is 22.9 Å². The molecule has 0 aliphatic heterocycles. The van der Waals surface area contributed by atoms with E-state index in [-0.39, 0.29) is 17.9 Å². The van der Waals surface area contributed by atoms with E-state index in [1.807, 2.05) is 24.3 Å². The molecule has 0 unspecified atom stereocenters. The van der Waals surface area contributed by atoms with Crippen molar-refractivity contribution >= 4 is 50.8 Å². The minimum Gasteiger partial charge on any atom is -0.500 e. The Bertz CT molecular complexity index is 1100. The number of hydrogen-bond acceptors (Lipinski definition) is 7. The van der Waals surface area contributed by atoms with Crippen molar-refractivity contribution < 1.29 is 19.6 Å². The number of aromatic hydroxyl groups is 1. The number of phenolic OH excluding ortho intramolecular Hbond substituents is 1. The van der Waals surface area contributed by atoms with E-state index in [1.54, 1.807) is 6.92 Å². The van der Waals surface area contributed by atoms with Crippen LogP contribution in [0.1, 0.15) is 22.2 Å². The molecule has 2 N–H and O–H groups in total. The Morgan fingerprint density at radius 3 is 2.86 bits per heavy atom. The number of carbonyl (C=O) groups is 1. The number of nitrogens with zero attached hydrogens (tertiary/aromatic N) is 2. The van der Waals surface area contributed by atoms with Crippen LogP contribution in [0.15, 0.2) is 41.5 Å². The highest BCUT2D eigenvalue weighted by atomic mass is 35.5. The number of halogens is 1. The van der Waals surface area contributed by atoms with Gasteiger partial charge in [0.15, 0.2) is 5.75 Å². The molecule has 0 saturated carbocycles. The summed E-state index contributed by atoms with van der Waals surface area (Å²) in [5, 5.41) is 25.9. The van der Waals surface area contributed by atoms with Gasteiger partial charge in [0.2, 0.25) is 5.75 Å². The van der Waals surface area contributed by atoms with Crippen LogP contribution in [0.3, 0.4) is 0 Å². The molecule has 3 aromatic rings. The number of nitro benzene ring substituents is 1. The minimum absolute atomic E-state index is 0.0444. The Labute approximate surface area is 168 Å². The average molecular weight is 420 g/mol. The van der Waals surface area contributed by atoms with Gasteiger partial charge in [-0.25, -0.2) is 5.43 Å². The average Bonchev–Trinajstić information content (AvgIpc) is 3.01. The predicted octanol–water partition coefficient (Wildman–Crippen LogP) is 4.33. The molecule has 0 fully saturated rings. The number of carbonyl (C=O) groups excluding carboxylic acids is 1. The molecule has 0 radical (unpaired) electrons. The zero-order chi connectivity index (χ0) is 20.3. The number of fused-ring (bicyclic) bond motifs is 1. The van der Waals surface area contributed by atoms with Crippen molar-refractivity contribution in [1.82, 2.24) is 5.43 Å². The molecular formula is C18H14ClN3O5S. The number of rotatable bonds is 6. The standard InChI is InChI=1S/C18H14ClN3O5S/c1-2-27-13-8-10(7-12(16(13)23)22(25)26)9-20-21-18(24)17-15(19)11-5-3-4-6-14(11)28-17/h3-9,23H,2H2,1H3,(H,21,24). The van der Waals surface area contributed by atoms with Gasteiger partial charge in [-0.3, -0.25) is 14.9 Å². The molecule has 3 rings (SSSR count). The molecule has 0 spiro atoms. The van der Waals surface area contributed by atoms with Crippen LogP contribution in [-0.4, -0.2) is 28.8 Å². The van der Waals surface area contributed by atoms with E-state index in [0.717, 1.165) is 16.2 Å². The zero-order valence-electron chi connectivity index (χ0n) is 14.5. The van der Waals surface area contributed by atoms with Crippen molar-refractivity contribution in [3.05, 3.63) is 62.0 Å². The molecule has 0 saturated heterocycles. The lowest BCUT2D eigenvalue weighted by Gasteiger charge is -2.07. The summed E-state index contributed by atoms with van der Waals surface area (Å²) < 4.78 is 6.07. The van der Waals surface area contributed by atoms with Gasteiger partial charge in [-0.2, -0.15) is 5.10 Å². The van der Waals surface area contributed by atoms with Gasteiger partial charge in [0, 0.05) is 21.7 Å². The Hall–Kier alpha value is -3.17. The molecule has 1 aromatic heterocycles. The van der Waals surface area contributed by atoms with E-state index in [2.05, 4.69) is 10.5 Å². The van der Waals surface area contributed by atoms with Crippen LogP contribution in [0, 0.1) is 10.1 Å². The summed E-state index contributed by atoms with van der Waals surface area (Å²) in [5.74, 6) is -1.11. The molecule has 1 heterocycles. The molecule has 10 heteroatoms. The summed E-state index contributed by atoms with van der Waals surface area (Å²) in [7, 11) is 0. The van der Waals surface area contributed by atoms with Crippen LogP contribution in [0.2, 0.25) is 5.02 Å². The van der Waals surface area contributed by atoms with Crippen LogP contribution in [0.5, 0.6) is 11.5 Å². The maximum atomic E-state index is 12.4. The Balaban J connectivity index is 1.82. The van der Waals surface area contributed by atoms with Crippen LogP contribution in [0.4, 0.5) is 5.69 Å². The zero-order valence-corrected chi connectivity index (χ0v) is 16.1. The summed E-state index contributed by atoms with van der Waals surface area (Å²) in [5.41, 5.74) is 2.10. The monoisotopic (exact) mass is 419 g/mol. The lowest BCUT2D eigenvalue weighted by atomic mass is 10.2. The molecule has 28 heavy (non-hydrogen) atoms. The number of amides is 1. The summed E-state index contributed by atoms with van der Waals surface area (Å²) in [6, 6.07) is 9.86. The fraction of sp³-hybridized carbons (Fsp3) is 0.111. The Kier molecular flexibility index (Phi) is 5.76. The van der Waals surface area contributed by atoms with Crippen molar-refractivity contribution in [3.63, 3.8) is 0 Å². The normalized spacial score (nSPS) is 11.1. The highest BCUT2D eigenvalue weighted by molar-refractivity contribution is 7.21. The van der Waals surface area contributed by atoms with E-state index in [4.69, 9.17) is 16.3 Å². The van der Waals surface area contributed by atoms with E-state index in [9.17, 15) is 20.0 Å². The Morgan fingerprint density at radius 1 is 1.43 bits per heavy atom. The van der Waals surface area contributed by atoms with Gasteiger partial charge < -0.3 is 9.84 Å². The first-order chi connectivity index (χ1) is 13.4. The SMILES string of the molecule is CCOc1cc(C=NNC(=O)c2sc3ccccc3c2Cl)cc([N+](=O)[O-])c1O. The molecule has 1 amide bonds. The van der Waals surface area contributed by atoms with Crippen molar-refractivity contribution in [3.8, 4) is 11.5 Å². The first kappa shape index (κ1) is 19.6. The Morgan fingerprint density at radius 2 is 2.18 bits per heavy atom. The largest absolute Gasteiger partial charge is 0.500 e. The van der Waals surface area contributed by atoms with Gasteiger partial charge in [-0.1, -0.05) is 29.8 Å². The summed E-state index contributed by atoms with van der Waals surface area (Å²) in [6.07, 6.45) is 1.22. The predicted molar refractivity (Wildman–Crippen MR) is 108 cm³/mol. The summed E-state index contributed by atoms with van der Waals surface area (Å²) in [4.78, 5) is 23.0. The fourth-order valence-corrected chi connectivity index (χ4v) is 3.88. The summed E-state index contributed by atoms with van der Waals surface area (Å²) >= 11 is 7.49. The molecule has 0 atom stereocenters. The fourth-order valence-electron chi connectivity index (χ4n) is 2.47. The smallest absolute Gasteiger partial charge is 0.315 e. The third kappa shape index (κ3) is 3.90. The highest BCUT2D eigenvalue weighted by Gasteiger charge is 2.20. The van der Waals surface area contributed by atoms with E-state index < -0.39 is 22.3 Å². The molecule has 2 aromatic carbocycles. The molecule has 144 valence electrons. The third-order valence-electron chi connectivity index (χ3n) is 3.69. The molecular weight excluding hydrogens is 406 g/mol. The molecule has 0 bridgehead atoms. The number of ether oxygens (including phenoxy) is 1. The second kappa shape index (κ2) is 8.24. The number of nitro groups is 1. The van der Waals surface area contributed by atoms with Crippen molar-refractivity contribution in [2.75, 3.05) is 6.61 Å². The maximum Gasteiger partial charge on any atom is 0.315 e. The minimum atomic E-state index is -0.731. The van der Waals surface area contributed by atoms with Crippen LogP contribution in [-0.2, 0) is 0 Å². The number of hydrogen-bond donors (Lipinski definition) is 2. The third-order valence-corrected chi connectivity index (χ3v) is 5.37. The van der Waals surface area contributed by atoms with E-state index in [0.29, 0.717) is 9.90 Å². The van der Waals surface area contributed by atoms with Gasteiger partial charge in [0.05, 0.1) is 22.8 Å². The van der Waals surface area contributed by atoms with Crippen molar-refractivity contribution in [1.29, 1.82) is 0 Å². The van der Waals surface area contributed by atoms with Gasteiger partial charge in [0.25, 0.3) is 5.91 Å². The molecule has 0 aliphatic rings.